The fourth-order valence-electron chi connectivity index (χ4n) is 7.14. The molecule has 294 valence electrons. The number of unbranched alkanes of at least 4 members (excludes halogenated alkanes) is 1. The quantitative estimate of drug-likeness (QED) is 0.132. The second-order valence-electron chi connectivity index (χ2n) is 14.1. The second kappa shape index (κ2) is 18.5. The number of aromatic hydroxyl groups is 3. The van der Waals surface area contributed by atoms with Crippen molar-refractivity contribution < 1.29 is 44.1 Å². The van der Waals surface area contributed by atoms with Crippen LogP contribution in [0.1, 0.15) is 48.4 Å². The number of benzene rings is 4. The fourth-order valence-corrected chi connectivity index (χ4v) is 7.14. The highest BCUT2D eigenvalue weighted by Crippen LogP contribution is 2.33. The molecule has 13 nitrogen and oxygen atoms in total. The number of hydroxylamine groups is 2. The molecule has 4 N–H and O–H groups in total. The van der Waals surface area contributed by atoms with Crippen molar-refractivity contribution >= 4 is 23.8 Å². The zero-order chi connectivity index (χ0) is 39.6. The van der Waals surface area contributed by atoms with Gasteiger partial charge in [0.15, 0.2) is 12.3 Å². The van der Waals surface area contributed by atoms with Gasteiger partial charge in [0.05, 0.1) is 13.2 Å². The van der Waals surface area contributed by atoms with Crippen LogP contribution in [-0.4, -0.2) is 98.0 Å². The molecule has 13 heteroatoms. The van der Waals surface area contributed by atoms with Crippen molar-refractivity contribution in [2.75, 3.05) is 19.7 Å². The predicted octanol–water partition coefficient (Wildman–Crippen LogP) is 4.87. The standard InChI is InChI=1S/C43H48N4O9/c1-2-3-9-36(40(51)44-24-22-29-7-5-4-6-8-29)45-28-39-46(37(41(45)52)26-31-12-18-34(49)19-13-31)42(53)38(27-32-14-20-35(50)21-15-32)56-47(39)43(54)55-25-23-30-10-16-33(48)17-11-30/h4-8,10-21,36-39,48-50H,2-3,9,22-28H2,1H3,(H,44,51)/t36-,37-,38+,39?/m0/s1. The highest BCUT2D eigenvalue weighted by molar-refractivity contribution is 5.95. The van der Waals surface area contributed by atoms with Gasteiger partial charge in [-0.3, -0.25) is 19.2 Å². The van der Waals surface area contributed by atoms with Gasteiger partial charge < -0.3 is 35.2 Å². The molecule has 2 fully saturated rings. The Morgan fingerprint density at radius 1 is 0.768 bits per heavy atom. The summed E-state index contributed by atoms with van der Waals surface area (Å²) in [4.78, 5) is 66.5. The number of hydrogen-bond donors (Lipinski definition) is 4. The van der Waals surface area contributed by atoms with Crippen LogP contribution in [0.2, 0.25) is 0 Å². The van der Waals surface area contributed by atoms with Gasteiger partial charge in [0.25, 0.3) is 5.91 Å². The van der Waals surface area contributed by atoms with E-state index in [2.05, 4.69) is 5.32 Å². The molecule has 2 aliphatic rings. The van der Waals surface area contributed by atoms with E-state index in [1.165, 1.54) is 46.2 Å². The minimum atomic E-state index is -1.24. The maximum Gasteiger partial charge on any atom is 0.436 e. The topological polar surface area (TPSA) is 169 Å². The van der Waals surface area contributed by atoms with Crippen LogP contribution in [0.4, 0.5) is 4.79 Å². The number of phenols is 3. The first-order chi connectivity index (χ1) is 27.1. The number of nitrogens with one attached hydrogen (secondary N) is 1. The van der Waals surface area contributed by atoms with Crippen LogP contribution in [0.25, 0.3) is 0 Å². The molecule has 0 spiro atoms. The summed E-state index contributed by atoms with van der Waals surface area (Å²) in [5.74, 6) is -1.12. The SMILES string of the molecule is CCCC[C@@H](C(=O)NCCc1ccccc1)N1CC2N(C(=O)OCCc3ccc(O)cc3)O[C@H](Cc3ccc(O)cc3)C(=O)N2[C@@H](Cc2ccc(O)cc2)C1=O. The lowest BCUT2D eigenvalue weighted by Gasteiger charge is -2.53. The first-order valence-electron chi connectivity index (χ1n) is 19.0. The maximum atomic E-state index is 14.8. The zero-order valence-corrected chi connectivity index (χ0v) is 31.3. The average Bonchev–Trinajstić information content (AvgIpc) is 3.20. The Balaban J connectivity index is 1.33. The minimum absolute atomic E-state index is 0.0202. The zero-order valence-electron chi connectivity index (χ0n) is 31.3. The summed E-state index contributed by atoms with van der Waals surface area (Å²) in [6.07, 6.45) is -0.524. The Kier molecular flexibility index (Phi) is 13.1. The molecule has 6 rings (SSSR count). The molecule has 4 amide bonds. The van der Waals surface area contributed by atoms with Gasteiger partial charge in [0.1, 0.15) is 29.3 Å². The van der Waals surface area contributed by atoms with Crippen molar-refractivity contribution in [3.8, 4) is 17.2 Å². The van der Waals surface area contributed by atoms with Crippen LogP contribution in [0.5, 0.6) is 17.2 Å². The van der Waals surface area contributed by atoms with Gasteiger partial charge in [0.2, 0.25) is 11.8 Å². The van der Waals surface area contributed by atoms with Gasteiger partial charge in [-0.1, -0.05) is 86.5 Å². The van der Waals surface area contributed by atoms with Crippen LogP contribution in [0.15, 0.2) is 103 Å². The number of fused-ring (bicyclic) bond motifs is 1. The van der Waals surface area contributed by atoms with Crippen LogP contribution < -0.4 is 5.32 Å². The molecule has 0 radical (unpaired) electrons. The molecule has 0 bridgehead atoms. The number of nitrogens with zero attached hydrogens (tertiary/aromatic N) is 3. The smallest absolute Gasteiger partial charge is 0.436 e. The first-order valence-corrected chi connectivity index (χ1v) is 19.0. The molecule has 4 aromatic rings. The lowest BCUT2D eigenvalue weighted by atomic mass is 9.95. The van der Waals surface area contributed by atoms with Crippen molar-refractivity contribution in [3.05, 3.63) is 125 Å². The third kappa shape index (κ3) is 9.77. The summed E-state index contributed by atoms with van der Waals surface area (Å²) in [5.41, 5.74) is 3.16. The Morgan fingerprint density at radius 2 is 1.34 bits per heavy atom. The normalized spacial score (nSPS) is 18.7. The third-order valence-corrected chi connectivity index (χ3v) is 10.1. The Hall–Kier alpha value is -6.08. The molecular formula is C43H48N4O9. The Morgan fingerprint density at radius 3 is 1.95 bits per heavy atom. The van der Waals surface area contributed by atoms with Crippen LogP contribution in [0, 0.1) is 0 Å². The predicted molar refractivity (Wildman–Crippen MR) is 206 cm³/mol. The summed E-state index contributed by atoms with van der Waals surface area (Å²) in [5, 5.41) is 33.6. The highest BCUT2D eigenvalue weighted by Gasteiger charge is 2.55. The van der Waals surface area contributed by atoms with Gasteiger partial charge >= 0.3 is 6.09 Å². The van der Waals surface area contributed by atoms with Gasteiger partial charge in [0, 0.05) is 25.8 Å². The van der Waals surface area contributed by atoms with E-state index in [-0.39, 0.29) is 49.1 Å². The van der Waals surface area contributed by atoms with Crippen molar-refractivity contribution in [2.45, 2.75) is 76.2 Å². The number of piperazine rings is 1. The molecule has 4 atom stereocenters. The third-order valence-electron chi connectivity index (χ3n) is 10.1. The number of amides is 4. The van der Waals surface area contributed by atoms with E-state index in [0.717, 1.165) is 22.6 Å². The molecule has 1 unspecified atom stereocenters. The van der Waals surface area contributed by atoms with E-state index >= 15 is 0 Å². The molecule has 0 aromatic heterocycles. The summed E-state index contributed by atoms with van der Waals surface area (Å²) in [6.45, 7) is 2.08. The lowest BCUT2D eigenvalue weighted by molar-refractivity contribution is -0.267. The van der Waals surface area contributed by atoms with E-state index in [1.807, 2.05) is 37.3 Å². The molecule has 0 aliphatic carbocycles. The van der Waals surface area contributed by atoms with E-state index in [4.69, 9.17) is 9.57 Å². The van der Waals surface area contributed by atoms with Crippen molar-refractivity contribution in [1.82, 2.24) is 20.2 Å². The van der Waals surface area contributed by atoms with Crippen LogP contribution in [0.3, 0.4) is 0 Å². The number of carbonyl (C=O) groups is 4. The Bertz CT molecular complexity index is 1940. The van der Waals surface area contributed by atoms with Gasteiger partial charge in [-0.25, -0.2) is 4.79 Å². The van der Waals surface area contributed by atoms with Gasteiger partial charge in [-0.2, -0.15) is 5.06 Å². The van der Waals surface area contributed by atoms with Crippen molar-refractivity contribution in [2.24, 2.45) is 0 Å². The average molecular weight is 765 g/mol. The van der Waals surface area contributed by atoms with Crippen LogP contribution >= 0.6 is 0 Å². The number of phenolic OH excluding ortho intramolecular Hbond substituents is 3. The largest absolute Gasteiger partial charge is 0.508 e. The number of hydrogen-bond acceptors (Lipinski definition) is 9. The summed E-state index contributed by atoms with van der Waals surface area (Å²) in [6, 6.07) is 26.8. The first kappa shape index (κ1) is 39.6. The van der Waals surface area contributed by atoms with Crippen LogP contribution in [-0.2, 0) is 49.6 Å². The van der Waals surface area contributed by atoms with E-state index in [0.29, 0.717) is 43.4 Å². The molecule has 0 saturated carbocycles. The second-order valence-corrected chi connectivity index (χ2v) is 14.1. The molecule has 4 aromatic carbocycles. The highest BCUT2D eigenvalue weighted by atomic mass is 16.7. The summed E-state index contributed by atoms with van der Waals surface area (Å²) in [7, 11) is 0. The summed E-state index contributed by atoms with van der Waals surface area (Å²) < 4.78 is 5.73. The monoisotopic (exact) mass is 764 g/mol. The van der Waals surface area contributed by atoms with Crippen molar-refractivity contribution in [1.29, 1.82) is 0 Å². The molecule has 2 saturated heterocycles. The summed E-state index contributed by atoms with van der Waals surface area (Å²) >= 11 is 0. The fraction of sp³-hybridized carbons (Fsp3) is 0.349. The number of ether oxygens (including phenoxy) is 1. The molecule has 2 heterocycles. The molecule has 2 aliphatic heterocycles. The minimum Gasteiger partial charge on any atom is -0.508 e. The van der Waals surface area contributed by atoms with Crippen molar-refractivity contribution in [3.63, 3.8) is 0 Å². The van der Waals surface area contributed by atoms with Gasteiger partial charge in [-0.15, -0.1) is 0 Å². The maximum absolute atomic E-state index is 14.8. The van der Waals surface area contributed by atoms with E-state index < -0.39 is 42.3 Å². The number of carbonyl (C=O) groups excluding carboxylic acids is 4. The van der Waals surface area contributed by atoms with Gasteiger partial charge in [-0.05, 0) is 71.5 Å². The van der Waals surface area contributed by atoms with E-state index in [1.54, 1.807) is 36.4 Å². The lowest BCUT2D eigenvalue weighted by Crippen LogP contribution is -2.75. The van der Waals surface area contributed by atoms with E-state index in [9.17, 15) is 34.5 Å². The Labute approximate surface area is 326 Å². The number of rotatable bonds is 15. The molecule has 56 heavy (non-hydrogen) atoms. The molecular weight excluding hydrogens is 716 g/mol.